The molecule has 1 saturated heterocycles. The summed E-state index contributed by atoms with van der Waals surface area (Å²) in [7, 11) is 0. The van der Waals surface area contributed by atoms with Crippen LogP contribution >= 0.6 is 11.6 Å². The smallest absolute Gasteiger partial charge is 0.321 e. The topological polar surface area (TPSA) is 41.6 Å². The van der Waals surface area contributed by atoms with E-state index in [1.807, 2.05) is 23.1 Å². The van der Waals surface area contributed by atoms with E-state index in [0.29, 0.717) is 16.6 Å². The number of halogens is 1. The van der Waals surface area contributed by atoms with Crippen LogP contribution in [0.25, 0.3) is 0 Å². The summed E-state index contributed by atoms with van der Waals surface area (Å²) in [5, 5.41) is 3.46. The molecule has 1 atom stereocenters. The molecular weight excluding hydrogens is 324 g/mol. The van der Waals surface area contributed by atoms with Gasteiger partial charge in [0.1, 0.15) is 5.75 Å². The Hall–Kier alpha value is -2.20. The van der Waals surface area contributed by atoms with Crippen molar-refractivity contribution in [3.63, 3.8) is 0 Å². The largest absolute Gasteiger partial charge is 0.493 e. The molecule has 4 rings (SSSR count). The molecule has 0 aliphatic carbocycles. The summed E-state index contributed by atoms with van der Waals surface area (Å²) < 4.78 is 5.57. The van der Waals surface area contributed by atoms with Crippen molar-refractivity contribution in [3.8, 4) is 5.75 Å². The van der Waals surface area contributed by atoms with E-state index in [9.17, 15) is 4.79 Å². The minimum absolute atomic E-state index is 0.0879. The molecule has 0 saturated carbocycles. The summed E-state index contributed by atoms with van der Waals surface area (Å²) in [6, 6.07) is 13.6. The van der Waals surface area contributed by atoms with Crippen LogP contribution in [0.15, 0.2) is 42.5 Å². The number of amides is 2. The first kappa shape index (κ1) is 15.3. The Morgan fingerprint density at radius 2 is 2.12 bits per heavy atom. The van der Waals surface area contributed by atoms with Crippen LogP contribution in [0.3, 0.4) is 0 Å². The maximum absolute atomic E-state index is 12.5. The van der Waals surface area contributed by atoms with E-state index >= 15 is 0 Å². The third-order valence-electron chi connectivity index (χ3n) is 4.78. The van der Waals surface area contributed by atoms with Crippen LogP contribution in [0.5, 0.6) is 5.75 Å². The van der Waals surface area contributed by atoms with E-state index in [1.54, 1.807) is 6.07 Å². The highest BCUT2D eigenvalue weighted by atomic mass is 35.5. The second-order valence-corrected chi connectivity index (χ2v) is 6.71. The standard InChI is InChI=1S/C19H19ClN2O2/c20-16-3-1-2-4-17(16)21-19(23)22-9-7-15(12-22)13-5-6-18-14(11-13)8-10-24-18/h1-6,11,15H,7-10,12H2,(H,21,23). The summed E-state index contributed by atoms with van der Waals surface area (Å²) in [6.45, 7) is 2.26. The molecule has 2 amide bonds. The fraction of sp³-hybridized carbons (Fsp3) is 0.316. The zero-order chi connectivity index (χ0) is 16.5. The first-order valence-electron chi connectivity index (χ1n) is 8.27. The molecule has 1 fully saturated rings. The molecule has 2 aromatic rings. The lowest BCUT2D eigenvalue weighted by atomic mass is 9.96. The molecule has 4 nitrogen and oxygen atoms in total. The van der Waals surface area contributed by atoms with Crippen LogP contribution < -0.4 is 10.1 Å². The summed E-state index contributed by atoms with van der Waals surface area (Å²) in [5.41, 5.74) is 3.24. The SMILES string of the molecule is O=C(Nc1ccccc1Cl)N1CCC(c2ccc3c(c2)CCO3)C1. The van der Waals surface area contributed by atoms with Crippen LogP contribution in [-0.4, -0.2) is 30.6 Å². The molecule has 2 heterocycles. The number of rotatable bonds is 2. The number of para-hydroxylation sites is 1. The minimum atomic E-state index is -0.0879. The lowest BCUT2D eigenvalue weighted by Gasteiger charge is -2.18. The predicted octanol–water partition coefficient (Wildman–Crippen LogP) is 4.30. The highest BCUT2D eigenvalue weighted by Gasteiger charge is 2.28. The number of carbonyl (C=O) groups is 1. The quantitative estimate of drug-likeness (QED) is 0.884. The first-order chi connectivity index (χ1) is 11.7. The number of likely N-dealkylation sites (tertiary alicyclic amines) is 1. The van der Waals surface area contributed by atoms with Gasteiger partial charge in [0, 0.05) is 25.4 Å². The molecule has 1 N–H and O–H groups in total. The van der Waals surface area contributed by atoms with Crippen molar-refractivity contribution in [3.05, 3.63) is 58.6 Å². The van der Waals surface area contributed by atoms with Crippen molar-refractivity contribution in [2.24, 2.45) is 0 Å². The Kier molecular flexibility index (Phi) is 4.07. The monoisotopic (exact) mass is 342 g/mol. The van der Waals surface area contributed by atoms with E-state index in [2.05, 4.69) is 23.5 Å². The first-order valence-corrected chi connectivity index (χ1v) is 8.64. The second kappa shape index (κ2) is 6.36. The number of benzene rings is 2. The highest BCUT2D eigenvalue weighted by Crippen LogP contribution is 2.33. The van der Waals surface area contributed by atoms with Crippen LogP contribution in [0.2, 0.25) is 5.02 Å². The zero-order valence-corrected chi connectivity index (χ0v) is 14.1. The third kappa shape index (κ3) is 2.94. The van der Waals surface area contributed by atoms with E-state index in [-0.39, 0.29) is 6.03 Å². The highest BCUT2D eigenvalue weighted by molar-refractivity contribution is 6.33. The number of hydrogen-bond donors (Lipinski definition) is 1. The van der Waals surface area contributed by atoms with Crippen LogP contribution in [0.4, 0.5) is 10.5 Å². The van der Waals surface area contributed by atoms with Gasteiger partial charge in [-0.05, 0) is 35.7 Å². The van der Waals surface area contributed by atoms with Crippen molar-refractivity contribution >= 4 is 23.3 Å². The van der Waals surface area contributed by atoms with Crippen molar-refractivity contribution in [2.45, 2.75) is 18.8 Å². The summed E-state index contributed by atoms with van der Waals surface area (Å²) >= 11 is 6.11. The molecule has 1 unspecified atom stereocenters. The maximum Gasteiger partial charge on any atom is 0.321 e. The number of carbonyl (C=O) groups excluding carboxylic acids is 1. The Morgan fingerprint density at radius 3 is 3.00 bits per heavy atom. The summed E-state index contributed by atoms with van der Waals surface area (Å²) in [6.07, 6.45) is 1.96. The van der Waals surface area contributed by atoms with Gasteiger partial charge in [0.25, 0.3) is 0 Å². The molecule has 0 bridgehead atoms. The molecule has 0 radical (unpaired) electrons. The number of fused-ring (bicyclic) bond motifs is 1. The lowest BCUT2D eigenvalue weighted by Crippen LogP contribution is -2.32. The zero-order valence-electron chi connectivity index (χ0n) is 13.3. The molecule has 2 aliphatic rings. The molecule has 124 valence electrons. The molecule has 0 spiro atoms. The summed E-state index contributed by atoms with van der Waals surface area (Å²) in [5.74, 6) is 1.39. The van der Waals surface area contributed by atoms with E-state index in [4.69, 9.17) is 16.3 Å². The van der Waals surface area contributed by atoms with E-state index < -0.39 is 0 Å². The van der Waals surface area contributed by atoms with Gasteiger partial charge in [-0.1, -0.05) is 35.9 Å². The Balaban J connectivity index is 1.43. The van der Waals surface area contributed by atoms with E-state index in [0.717, 1.165) is 38.3 Å². The van der Waals surface area contributed by atoms with Gasteiger partial charge in [0.05, 0.1) is 17.3 Å². The third-order valence-corrected chi connectivity index (χ3v) is 5.11. The molecular formula is C19H19ClN2O2. The molecule has 5 heteroatoms. The van der Waals surface area contributed by atoms with Crippen LogP contribution in [0.1, 0.15) is 23.5 Å². The molecule has 2 aromatic carbocycles. The van der Waals surface area contributed by atoms with Crippen LogP contribution in [0, 0.1) is 0 Å². The predicted molar refractivity (Wildman–Crippen MR) is 95.0 cm³/mol. The van der Waals surface area contributed by atoms with Gasteiger partial charge >= 0.3 is 6.03 Å². The number of ether oxygens (including phenoxy) is 1. The Bertz CT molecular complexity index is 778. The normalized spacial score (nSPS) is 19.0. The second-order valence-electron chi connectivity index (χ2n) is 6.31. The minimum Gasteiger partial charge on any atom is -0.493 e. The fourth-order valence-corrected chi connectivity index (χ4v) is 3.62. The van der Waals surface area contributed by atoms with Gasteiger partial charge in [-0.3, -0.25) is 0 Å². The van der Waals surface area contributed by atoms with Gasteiger partial charge in [-0.25, -0.2) is 4.79 Å². The van der Waals surface area contributed by atoms with Crippen molar-refractivity contribution in [1.82, 2.24) is 4.90 Å². The fourth-order valence-electron chi connectivity index (χ4n) is 3.43. The lowest BCUT2D eigenvalue weighted by molar-refractivity contribution is 0.222. The average Bonchev–Trinajstić information content (AvgIpc) is 3.25. The molecule has 0 aromatic heterocycles. The van der Waals surface area contributed by atoms with Gasteiger partial charge in [-0.15, -0.1) is 0 Å². The van der Waals surface area contributed by atoms with Crippen LogP contribution in [-0.2, 0) is 6.42 Å². The number of urea groups is 1. The van der Waals surface area contributed by atoms with Gasteiger partial charge in [-0.2, -0.15) is 0 Å². The van der Waals surface area contributed by atoms with Gasteiger partial charge in [0.2, 0.25) is 0 Å². The number of nitrogens with one attached hydrogen (secondary N) is 1. The average molecular weight is 343 g/mol. The number of nitrogens with zero attached hydrogens (tertiary/aromatic N) is 1. The number of anilines is 1. The summed E-state index contributed by atoms with van der Waals surface area (Å²) in [4.78, 5) is 14.3. The van der Waals surface area contributed by atoms with Gasteiger partial charge in [0.15, 0.2) is 0 Å². The molecule has 24 heavy (non-hydrogen) atoms. The Morgan fingerprint density at radius 1 is 1.25 bits per heavy atom. The van der Waals surface area contributed by atoms with Gasteiger partial charge < -0.3 is 15.0 Å². The van der Waals surface area contributed by atoms with Crippen molar-refractivity contribution in [2.75, 3.05) is 25.0 Å². The Labute approximate surface area is 146 Å². The number of hydrogen-bond acceptors (Lipinski definition) is 2. The maximum atomic E-state index is 12.5. The van der Waals surface area contributed by atoms with Crippen molar-refractivity contribution < 1.29 is 9.53 Å². The molecule has 2 aliphatic heterocycles. The van der Waals surface area contributed by atoms with E-state index in [1.165, 1.54) is 11.1 Å². The van der Waals surface area contributed by atoms with Crippen molar-refractivity contribution in [1.29, 1.82) is 0 Å².